The largest absolute Gasteiger partial charge is 0.494 e. The lowest BCUT2D eigenvalue weighted by molar-refractivity contribution is -0.384. The van der Waals surface area contributed by atoms with Gasteiger partial charge in [-0.2, -0.15) is 5.10 Å². The van der Waals surface area contributed by atoms with Crippen LogP contribution in [0.4, 0.5) is 11.4 Å². The van der Waals surface area contributed by atoms with Gasteiger partial charge in [-0.1, -0.05) is 0 Å². The Morgan fingerprint density at radius 1 is 1.50 bits per heavy atom. The van der Waals surface area contributed by atoms with Crippen molar-refractivity contribution in [2.75, 3.05) is 12.4 Å². The summed E-state index contributed by atoms with van der Waals surface area (Å²) in [4.78, 5) is 10.3. The Morgan fingerprint density at radius 2 is 2.21 bits per heavy atom. The topological polar surface area (TPSA) is 94.2 Å². The normalized spacial score (nSPS) is 11.7. The average molecular weight is 349 g/mol. The van der Waals surface area contributed by atoms with E-state index in [0.717, 1.165) is 11.3 Å². The molecular weight excluding hydrogens is 330 g/mol. The van der Waals surface area contributed by atoms with E-state index in [4.69, 9.17) is 17.0 Å². The van der Waals surface area contributed by atoms with Gasteiger partial charge in [0, 0.05) is 24.4 Å². The van der Waals surface area contributed by atoms with Crippen molar-refractivity contribution in [2.45, 2.75) is 19.9 Å². The minimum atomic E-state index is -0.476. The van der Waals surface area contributed by atoms with Gasteiger partial charge in [0.1, 0.15) is 5.75 Å². The van der Waals surface area contributed by atoms with Gasteiger partial charge < -0.3 is 15.4 Å². The molecule has 1 atom stereocenters. The molecule has 2 aromatic rings. The summed E-state index contributed by atoms with van der Waals surface area (Å²) in [5, 5.41) is 21.6. The van der Waals surface area contributed by atoms with Crippen molar-refractivity contribution >= 4 is 28.7 Å². The highest BCUT2D eigenvalue weighted by atomic mass is 32.1. The fraction of sp³-hybridized carbons (Fsp3) is 0.333. The monoisotopic (exact) mass is 349 g/mol. The summed E-state index contributed by atoms with van der Waals surface area (Å²) >= 11 is 5.32. The van der Waals surface area contributed by atoms with E-state index >= 15 is 0 Å². The van der Waals surface area contributed by atoms with E-state index < -0.39 is 4.92 Å². The number of thiocarbonyl (C=S) groups is 1. The van der Waals surface area contributed by atoms with Crippen LogP contribution in [0.2, 0.25) is 0 Å². The van der Waals surface area contributed by atoms with E-state index in [9.17, 15) is 10.1 Å². The first-order valence-electron chi connectivity index (χ1n) is 7.22. The van der Waals surface area contributed by atoms with Crippen LogP contribution in [0.1, 0.15) is 24.2 Å². The van der Waals surface area contributed by atoms with Gasteiger partial charge in [0.05, 0.1) is 36.0 Å². The van der Waals surface area contributed by atoms with Crippen molar-refractivity contribution in [3.05, 3.63) is 45.8 Å². The summed E-state index contributed by atoms with van der Waals surface area (Å²) < 4.78 is 6.98. The Hall–Kier alpha value is -2.68. The van der Waals surface area contributed by atoms with E-state index in [2.05, 4.69) is 15.7 Å². The van der Waals surface area contributed by atoms with Gasteiger partial charge in [-0.05, 0) is 32.1 Å². The van der Waals surface area contributed by atoms with Crippen molar-refractivity contribution < 1.29 is 9.66 Å². The predicted octanol–water partition coefficient (Wildman–Crippen LogP) is 2.69. The maximum absolute atomic E-state index is 10.8. The maximum atomic E-state index is 10.8. The number of hydrogen-bond donors (Lipinski definition) is 2. The van der Waals surface area contributed by atoms with Crippen LogP contribution in [0.5, 0.6) is 5.75 Å². The predicted molar refractivity (Wildman–Crippen MR) is 95.4 cm³/mol. The number of nitrogens with one attached hydrogen (secondary N) is 2. The number of aromatic nitrogens is 2. The fourth-order valence-corrected chi connectivity index (χ4v) is 2.56. The number of non-ortho nitro benzene ring substituents is 1. The van der Waals surface area contributed by atoms with Crippen LogP contribution in [-0.2, 0) is 7.05 Å². The second kappa shape index (κ2) is 7.26. The maximum Gasteiger partial charge on any atom is 0.273 e. The van der Waals surface area contributed by atoms with Crippen molar-refractivity contribution in [1.29, 1.82) is 0 Å². The van der Waals surface area contributed by atoms with Crippen molar-refractivity contribution in [1.82, 2.24) is 15.1 Å². The number of methoxy groups -OCH3 is 1. The molecule has 0 saturated heterocycles. The smallest absolute Gasteiger partial charge is 0.273 e. The zero-order valence-electron chi connectivity index (χ0n) is 13.9. The first-order valence-corrected chi connectivity index (χ1v) is 7.62. The minimum Gasteiger partial charge on any atom is -0.494 e. The first kappa shape index (κ1) is 17.7. The standard InChI is InChI=1S/C15H19N5O3S/c1-9(12-8-16-19(3)10(12)2)17-15(24)18-13-6-5-11(20(21)22)7-14(13)23-4/h5-9H,1-4H3,(H2,17,18,24). The van der Waals surface area contributed by atoms with Gasteiger partial charge >= 0.3 is 0 Å². The molecule has 0 aliphatic rings. The van der Waals surface area contributed by atoms with E-state index in [0.29, 0.717) is 16.5 Å². The quantitative estimate of drug-likeness (QED) is 0.487. The number of ether oxygens (including phenoxy) is 1. The number of benzene rings is 1. The molecule has 9 heteroatoms. The van der Waals surface area contributed by atoms with Crippen LogP contribution in [0.25, 0.3) is 0 Å². The van der Waals surface area contributed by atoms with Crippen molar-refractivity contribution in [3.63, 3.8) is 0 Å². The van der Waals surface area contributed by atoms with Crippen LogP contribution in [0.3, 0.4) is 0 Å². The molecule has 0 radical (unpaired) electrons. The molecule has 2 N–H and O–H groups in total. The van der Waals surface area contributed by atoms with Gasteiger partial charge in [-0.25, -0.2) is 0 Å². The lowest BCUT2D eigenvalue weighted by Crippen LogP contribution is -2.31. The molecule has 0 bridgehead atoms. The molecule has 1 heterocycles. The van der Waals surface area contributed by atoms with Crippen LogP contribution in [0.15, 0.2) is 24.4 Å². The lowest BCUT2D eigenvalue weighted by Gasteiger charge is -2.18. The van der Waals surface area contributed by atoms with Crippen LogP contribution < -0.4 is 15.4 Å². The van der Waals surface area contributed by atoms with Crippen molar-refractivity contribution in [2.24, 2.45) is 7.05 Å². The molecule has 2 rings (SSSR count). The number of rotatable bonds is 5. The highest BCUT2D eigenvalue weighted by Gasteiger charge is 2.15. The Morgan fingerprint density at radius 3 is 2.75 bits per heavy atom. The molecule has 0 aliphatic carbocycles. The molecule has 0 spiro atoms. The molecule has 0 aliphatic heterocycles. The lowest BCUT2D eigenvalue weighted by atomic mass is 10.1. The zero-order valence-corrected chi connectivity index (χ0v) is 14.7. The first-order chi connectivity index (χ1) is 11.3. The van der Waals surface area contributed by atoms with Crippen LogP contribution >= 0.6 is 12.2 Å². The van der Waals surface area contributed by atoms with E-state index in [-0.39, 0.29) is 11.7 Å². The summed E-state index contributed by atoms with van der Waals surface area (Å²) in [7, 11) is 3.33. The third-order valence-corrected chi connectivity index (χ3v) is 3.95. The van der Waals surface area contributed by atoms with Crippen LogP contribution in [-0.4, -0.2) is 26.9 Å². The Kier molecular flexibility index (Phi) is 5.35. The number of nitro groups is 1. The van der Waals surface area contributed by atoms with Gasteiger partial charge in [0.2, 0.25) is 0 Å². The summed E-state index contributed by atoms with van der Waals surface area (Å²) in [6.45, 7) is 3.96. The van der Waals surface area contributed by atoms with E-state index in [1.165, 1.54) is 19.2 Å². The molecule has 0 saturated carbocycles. The summed E-state index contributed by atoms with van der Waals surface area (Å²) in [5.41, 5.74) is 2.59. The molecule has 0 amide bonds. The summed E-state index contributed by atoms with van der Waals surface area (Å²) in [6, 6.07) is 4.26. The highest BCUT2D eigenvalue weighted by molar-refractivity contribution is 7.80. The molecule has 0 fully saturated rings. The second-order valence-electron chi connectivity index (χ2n) is 5.27. The second-order valence-corrected chi connectivity index (χ2v) is 5.68. The number of nitrogens with zero attached hydrogens (tertiary/aromatic N) is 3. The minimum absolute atomic E-state index is 0.0391. The zero-order chi connectivity index (χ0) is 17.9. The number of aryl methyl sites for hydroxylation is 1. The van der Waals surface area contributed by atoms with Crippen molar-refractivity contribution in [3.8, 4) is 5.75 Å². The molecule has 1 unspecified atom stereocenters. The fourth-order valence-electron chi connectivity index (χ4n) is 2.27. The Bertz CT molecular complexity index is 774. The Balaban J connectivity index is 2.09. The molecule has 24 heavy (non-hydrogen) atoms. The number of hydrogen-bond acceptors (Lipinski definition) is 5. The third kappa shape index (κ3) is 3.80. The highest BCUT2D eigenvalue weighted by Crippen LogP contribution is 2.29. The van der Waals surface area contributed by atoms with Crippen LogP contribution in [0, 0.1) is 17.0 Å². The van der Waals surface area contributed by atoms with E-state index in [1.807, 2.05) is 20.9 Å². The average Bonchev–Trinajstić information content (AvgIpc) is 2.87. The van der Waals surface area contributed by atoms with Gasteiger partial charge in [-0.15, -0.1) is 0 Å². The molecule has 8 nitrogen and oxygen atoms in total. The number of nitro benzene ring substituents is 1. The van der Waals surface area contributed by atoms with Gasteiger partial charge in [-0.3, -0.25) is 14.8 Å². The van der Waals surface area contributed by atoms with Gasteiger partial charge in [0.25, 0.3) is 5.69 Å². The van der Waals surface area contributed by atoms with Gasteiger partial charge in [0.15, 0.2) is 5.11 Å². The molecule has 1 aromatic heterocycles. The third-order valence-electron chi connectivity index (χ3n) is 3.73. The molecule has 128 valence electrons. The summed E-state index contributed by atoms with van der Waals surface area (Å²) in [6.07, 6.45) is 1.79. The summed E-state index contributed by atoms with van der Waals surface area (Å²) in [5.74, 6) is 0.346. The molecular formula is C15H19N5O3S. The van der Waals surface area contributed by atoms with E-state index in [1.54, 1.807) is 16.9 Å². The number of anilines is 1. The Labute approximate surface area is 145 Å². The molecule has 1 aromatic carbocycles. The SMILES string of the molecule is COc1cc([N+](=O)[O-])ccc1NC(=S)NC(C)c1cnn(C)c1C.